The molecule has 1 aromatic carbocycles. The number of nitrogens with one attached hydrogen (secondary N) is 1. The van der Waals surface area contributed by atoms with Gasteiger partial charge in [0.2, 0.25) is 5.95 Å². The highest BCUT2D eigenvalue weighted by Crippen LogP contribution is 2.50. The van der Waals surface area contributed by atoms with Crippen LogP contribution in [0.4, 0.5) is 21.8 Å². The second-order valence-electron chi connectivity index (χ2n) is 11.2. The quantitative estimate of drug-likeness (QED) is 0.470. The van der Waals surface area contributed by atoms with E-state index >= 15 is 0 Å². The Labute approximate surface area is 224 Å². The van der Waals surface area contributed by atoms with E-state index in [0.717, 1.165) is 45.4 Å². The molecule has 38 heavy (non-hydrogen) atoms. The number of pyridine rings is 1. The summed E-state index contributed by atoms with van der Waals surface area (Å²) in [6.45, 7) is 5.55. The van der Waals surface area contributed by atoms with E-state index in [4.69, 9.17) is 4.74 Å². The highest BCUT2D eigenvalue weighted by atomic mass is 31.0. The molecule has 2 unspecified atom stereocenters. The summed E-state index contributed by atoms with van der Waals surface area (Å²) in [5, 5.41) is 3.06. The lowest BCUT2D eigenvalue weighted by Gasteiger charge is -2.58. The third-order valence-electron chi connectivity index (χ3n) is 8.03. The Morgan fingerprint density at radius 3 is 2.47 bits per heavy atom. The molecule has 2 aliphatic heterocycles. The Bertz CT molecular complexity index is 1350. The van der Waals surface area contributed by atoms with Gasteiger partial charge in [0.1, 0.15) is 5.82 Å². The number of benzene rings is 1. The van der Waals surface area contributed by atoms with Gasteiger partial charge in [0, 0.05) is 73.6 Å². The monoisotopic (exact) mass is 534 g/mol. The lowest BCUT2D eigenvalue weighted by Crippen LogP contribution is -2.64. The summed E-state index contributed by atoms with van der Waals surface area (Å²) in [5.41, 5.74) is 2.12. The van der Waals surface area contributed by atoms with Crippen molar-refractivity contribution in [3.8, 4) is 11.1 Å². The number of amides is 1. The van der Waals surface area contributed by atoms with Gasteiger partial charge in [0.05, 0.1) is 17.4 Å². The molecule has 198 valence electrons. The van der Waals surface area contributed by atoms with Gasteiger partial charge in [0.15, 0.2) is 5.82 Å². The van der Waals surface area contributed by atoms with Crippen molar-refractivity contribution in [2.75, 3.05) is 48.4 Å². The van der Waals surface area contributed by atoms with Crippen LogP contribution in [-0.2, 0) is 4.74 Å². The van der Waals surface area contributed by atoms with E-state index in [1.165, 1.54) is 6.07 Å². The van der Waals surface area contributed by atoms with Crippen LogP contribution in [0, 0.1) is 11.2 Å². The van der Waals surface area contributed by atoms with E-state index in [1.807, 2.05) is 0 Å². The minimum Gasteiger partial charge on any atom is -0.381 e. The summed E-state index contributed by atoms with van der Waals surface area (Å²) < 4.78 is 20.3. The molecule has 1 aliphatic carbocycles. The summed E-state index contributed by atoms with van der Waals surface area (Å²) >= 11 is 0. The molecular weight excluding hydrogens is 502 g/mol. The molecule has 3 aliphatic rings. The highest BCUT2D eigenvalue weighted by molar-refractivity contribution is 7.19. The molecule has 2 aromatic heterocycles. The maximum absolute atomic E-state index is 14.9. The van der Waals surface area contributed by atoms with Crippen LogP contribution in [0.3, 0.4) is 0 Å². The highest BCUT2D eigenvalue weighted by Gasteiger charge is 2.53. The molecule has 2 atom stereocenters. The Kier molecular flexibility index (Phi) is 6.31. The maximum atomic E-state index is 14.9. The molecule has 8 nitrogen and oxygen atoms in total. The first-order valence-electron chi connectivity index (χ1n) is 12.9. The standard InChI is InChI=1S/C28H32FN6O2P/c1-27(38)8-10-34(15-27)24-23(21(7-9-30-24)20-5-3-4-6-22(20)29)33-25(36)18-13-31-26(32-14-18)35-16-28(17-35)11-19(12-28)37-2/h3-7,9,13-14,19H,8,10-12,15-17,38H2,1-2H3,(H,33,36). The molecule has 3 fully saturated rings. The molecular formula is C28H32FN6O2P. The fourth-order valence-electron chi connectivity index (χ4n) is 5.91. The molecule has 10 heteroatoms. The lowest BCUT2D eigenvalue weighted by molar-refractivity contribution is -0.0735. The number of anilines is 3. The number of nitrogens with zero attached hydrogens (tertiary/aromatic N) is 5. The van der Waals surface area contributed by atoms with Gasteiger partial charge in [-0.1, -0.05) is 25.1 Å². The van der Waals surface area contributed by atoms with Crippen molar-refractivity contribution in [3.63, 3.8) is 0 Å². The molecule has 1 amide bonds. The topological polar surface area (TPSA) is 83.5 Å². The molecule has 4 heterocycles. The second-order valence-corrected chi connectivity index (χ2v) is 12.6. The molecule has 1 saturated carbocycles. The molecule has 2 saturated heterocycles. The molecule has 3 aromatic rings. The van der Waals surface area contributed by atoms with Crippen molar-refractivity contribution >= 4 is 32.6 Å². The Hall–Kier alpha value is -3.16. The van der Waals surface area contributed by atoms with E-state index in [-0.39, 0.29) is 16.9 Å². The average molecular weight is 535 g/mol. The van der Waals surface area contributed by atoms with Crippen LogP contribution in [-0.4, -0.2) is 65.4 Å². The van der Waals surface area contributed by atoms with Crippen LogP contribution in [0.1, 0.15) is 36.5 Å². The smallest absolute Gasteiger partial charge is 0.258 e. The van der Waals surface area contributed by atoms with Gasteiger partial charge in [-0.3, -0.25) is 4.79 Å². The number of carbonyl (C=O) groups is 1. The Morgan fingerprint density at radius 2 is 1.82 bits per heavy atom. The predicted molar refractivity (Wildman–Crippen MR) is 149 cm³/mol. The summed E-state index contributed by atoms with van der Waals surface area (Å²) in [6.07, 6.45) is 8.25. The van der Waals surface area contributed by atoms with Crippen molar-refractivity contribution in [3.05, 3.63) is 60.3 Å². The Balaban J connectivity index is 1.24. The lowest BCUT2D eigenvalue weighted by atomic mass is 9.62. The fourth-order valence-corrected chi connectivity index (χ4v) is 6.26. The van der Waals surface area contributed by atoms with Crippen LogP contribution in [0.2, 0.25) is 0 Å². The van der Waals surface area contributed by atoms with Crippen LogP contribution < -0.4 is 15.1 Å². The van der Waals surface area contributed by atoms with Gasteiger partial charge in [-0.25, -0.2) is 19.3 Å². The van der Waals surface area contributed by atoms with Crippen molar-refractivity contribution < 1.29 is 13.9 Å². The number of aromatic nitrogens is 3. The zero-order valence-electron chi connectivity index (χ0n) is 21.7. The number of halogens is 1. The van der Waals surface area contributed by atoms with Crippen LogP contribution in [0.25, 0.3) is 11.1 Å². The number of rotatable bonds is 6. The Morgan fingerprint density at radius 1 is 1.08 bits per heavy atom. The first-order valence-corrected chi connectivity index (χ1v) is 13.5. The number of carbonyl (C=O) groups excluding carboxylic acids is 1. The average Bonchev–Trinajstić information content (AvgIpc) is 3.23. The van der Waals surface area contributed by atoms with Crippen LogP contribution >= 0.6 is 9.24 Å². The number of methoxy groups -OCH3 is 1. The summed E-state index contributed by atoms with van der Waals surface area (Å²) in [7, 11) is 4.67. The van der Waals surface area contributed by atoms with Gasteiger partial charge in [0.25, 0.3) is 5.91 Å². The first-order chi connectivity index (χ1) is 18.3. The van der Waals surface area contributed by atoms with Gasteiger partial charge < -0.3 is 19.9 Å². The van der Waals surface area contributed by atoms with E-state index in [1.54, 1.807) is 50.0 Å². The number of hydrogen-bond acceptors (Lipinski definition) is 7. The maximum Gasteiger partial charge on any atom is 0.258 e. The first kappa shape index (κ1) is 25.1. The second kappa shape index (κ2) is 9.54. The summed E-state index contributed by atoms with van der Waals surface area (Å²) in [4.78, 5) is 31.2. The van der Waals surface area contributed by atoms with Crippen molar-refractivity contribution in [1.29, 1.82) is 0 Å². The van der Waals surface area contributed by atoms with Crippen molar-refractivity contribution in [1.82, 2.24) is 15.0 Å². The van der Waals surface area contributed by atoms with Crippen LogP contribution in [0.15, 0.2) is 48.9 Å². The normalized spacial score (nSPS) is 22.3. The minimum atomic E-state index is -0.363. The van der Waals surface area contributed by atoms with E-state index < -0.39 is 0 Å². The fraction of sp³-hybridized carbons (Fsp3) is 0.429. The summed E-state index contributed by atoms with van der Waals surface area (Å²) in [6, 6.07) is 8.30. The van der Waals surface area contributed by atoms with Gasteiger partial charge in [-0.15, -0.1) is 9.24 Å². The zero-order chi connectivity index (χ0) is 26.5. The van der Waals surface area contributed by atoms with Crippen molar-refractivity contribution in [2.45, 2.75) is 37.4 Å². The van der Waals surface area contributed by atoms with Crippen molar-refractivity contribution in [2.24, 2.45) is 5.41 Å². The van der Waals surface area contributed by atoms with E-state index in [9.17, 15) is 9.18 Å². The van der Waals surface area contributed by atoms with Gasteiger partial charge in [-0.2, -0.15) is 0 Å². The van der Waals surface area contributed by atoms with Gasteiger partial charge >= 0.3 is 0 Å². The minimum absolute atomic E-state index is 0.0417. The van der Waals surface area contributed by atoms with Crippen LogP contribution in [0.5, 0.6) is 0 Å². The number of hydrogen-bond donors (Lipinski definition) is 1. The third-order valence-corrected chi connectivity index (χ3v) is 8.50. The molecule has 0 radical (unpaired) electrons. The van der Waals surface area contributed by atoms with E-state index in [2.05, 4.69) is 46.2 Å². The molecule has 1 spiro atoms. The van der Waals surface area contributed by atoms with Gasteiger partial charge in [-0.05, 0) is 31.4 Å². The SMILES string of the molecule is COC1CC2(C1)CN(c1ncc(C(=O)Nc3c(-c4ccccc4F)ccnc3N3CCC(C)(P)C3)cn1)C2. The predicted octanol–water partition coefficient (Wildman–Crippen LogP) is 4.39. The molecule has 6 rings (SSSR count). The molecule has 0 bridgehead atoms. The zero-order valence-corrected chi connectivity index (χ0v) is 22.8. The largest absolute Gasteiger partial charge is 0.381 e. The number of ether oxygens (including phenoxy) is 1. The molecule has 1 N–H and O–H groups in total. The van der Waals surface area contributed by atoms with E-state index in [0.29, 0.717) is 45.7 Å². The third kappa shape index (κ3) is 4.63. The summed E-state index contributed by atoms with van der Waals surface area (Å²) in [5.74, 6) is 0.529.